The van der Waals surface area contributed by atoms with Crippen LogP contribution in [-0.4, -0.2) is 35.9 Å². The molecule has 2 aromatic carbocycles. The maximum Gasteiger partial charge on any atom is 0.270 e. The molecule has 1 aliphatic rings. The van der Waals surface area contributed by atoms with Crippen molar-refractivity contribution in [2.24, 2.45) is 0 Å². The number of ether oxygens (including phenoxy) is 1. The molecule has 1 N–H and O–H groups in total. The predicted molar refractivity (Wildman–Crippen MR) is 98.9 cm³/mol. The van der Waals surface area contributed by atoms with E-state index in [1.54, 1.807) is 29.2 Å². The lowest BCUT2D eigenvalue weighted by Crippen LogP contribution is -2.37. The second-order valence-corrected chi connectivity index (χ2v) is 6.11. The van der Waals surface area contributed by atoms with Gasteiger partial charge in [-0.1, -0.05) is 6.07 Å². The summed E-state index contributed by atoms with van der Waals surface area (Å²) in [6, 6.07) is 12.3. The van der Waals surface area contributed by atoms with E-state index in [0.29, 0.717) is 13.2 Å². The maximum atomic E-state index is 12.4. The molecule has 8 heteroatoms. The van der Waals surface area contributed by atoms with Crippen LogP contribution >= 0.6 is 0 Å². The number of nitrogens with zero attached hydrogens (tertiary/aromatic N) is 2. The molecule has 1 saturated heterocycles. The van der Waals surface area contributed by atoms with Gasteiger partial charge in [-0.2, -0.15) is 0 Å². The van der Waals surface area contributed by atoms with Crippen molar-refractivity contribution in [3.8, 4) is 5.75 Å². The van der Waals surface area contributed by atoms with Gasteiger partial charge in [-0.05, 0) is 37.3 Å². The zero-order valence-corrected chi connectivity index (χ0v) is 14.8. The second kappa shape index (κ2) is 7.86. The first-order chi connectivity index (χ1) is 13.0. The highest BCUT2D eigenvalue weighted by molar-refractivity contribution is 5.99. The van der Waals surface area contributed by atoms with E-state index in [2.05, 4.69) is 5.32 Å². The number of nitro benzene ring substituents is 1. The zero-order valence-electron chi connectivity index (χ0n) is 14.8. The molecule has 0 aromatic heterocycles. The first-order valence-electron chi connectivity index (χ1n) is 8.56. The van der Waals surface area contributed by atoms with E-state index in [-0.39, 0.29) is 29.6 Å². The van der Waals surface area contributed by atoms with E-state index in [1.807, 2.05) is 6.92 Å². The second-order valence-electron chi connectivity index (χ2n) is 6.11. The van der Waals surface area contributed by atoms with Crippen LogP contribution in [0.5, 0.6) is 5.75 Å². The number of non-ortho nitro benzene ring substituents is 1. The highest BCUT2D eigenvalue weighted by Gasteiger charge is 2.32. The maximum absolute atomic E-state index is 12.4. The van der Waals surface area contributed by atoms with E-state index in [0.717, 1.165) is 11.4 Å². The minimum absolute atomic E-state index is 0.0940. The van der Waals surface area contributed by atoms with Crippen molar-refractivity contribution >= 4 is 23.2 Å². The van der Waals surface area contributed by atoms with Gasteiger partial charge in [0.1, 0.15) is 5.75 Å². The van der Waals surface area contributed by atoms with Gasteiger partial charge in [-0.3, -0.25) is 19.7 Å². The number of nitro groups is 1. The zero-order chi connectivity index (χ0) is 19.4. The van der Waals surface area contributed by atoms with Crippen molar-refractivity contribution < 1.29 is 19.2 Å². The Labute approximate surface area is 155 Å². The van der Waals surface area contributed by atoms with Gasteiger partial charge in [0.25, 0.3) is 11.6 Å². The summed E-state index contributed by atoms with van der Waals surface area (Å²) in [6.45, 7) is 2.80. The molecular weight excluding hydrogens is 350 g/mol. The summed E-state index contributed by atoms with van der Waals surface area (Å²) in [5, 5.41) is 13.6. The Kier molecular flexibility index (Phi) is 5.35. The van der Waals surface area contributed by atoms with Crippen molar-refractivity contribution in [2.45, 2.75) is 19.4 Å². The van der Waals surface area contributed by atoms with Crippen LogP contribution in [-0.2, 0) is 4.79 Å². The molecule has 0 aliphatic carbocycles. The van der Waals surface area contributed by atoms with E-state index < -0.39 is 10.8 Å². The fourth-order valence-electron chi connectivity index (χ4n) is 2.97. The molecule has 27 heavy (non-hydrogen) atoms. The van der Waals surface area contributed by atoms with Crippen molar-refractivity contribution in [1.29, 1.82) is 0 Å². The third-order valence-electron chi connectivity index (χ3n) is 4.24. The standard InChI is InChI=1S/C19H19N3O5/c1-2-27-17-8-6-15(7-9-17)21-12-14(11-18(21)23)20-19(24)13-4-3-5-16(10-13)22(25)26/h3-10,14H,2,11-12H2,1H3,(H,20,24)/t14-/m0/s1. The van der Waals surface area contributed by atoms with Gasteiger partial charge in [-0.15, -0.1) is 0 Å². The van der Waals surface area contributed by atoms with Gasteiger partial charge >= 0.3 is 0 Å². The molecule has 0 radical (unpaired) electrons. The van der Waals surface area contributed by atoms with Crippen LogP contribution in [0.2, 0.25) is 0 Å². The van der Waals surface area contributed by atoms with Crippen LogP contribution in [0.15, 0.2) is 48.5 Å². The molecule has 1 atom stereocenters. The van der Waals surface area contributed by atoms with Gasteiger partial charge in [0.05, 0.1) is 17.6 Å². The number of carbonyl (C=O) groups is 2. The Hall–Kier alpha value is -3.42. The van der Waals surface area contributed by atoms with Crippen LogP contribution in [0.3, 0.4) is 0 Å². The normalized spacial score (nSPS) is 16.3. The lowest BCUT2D eigenvalue weighted by molar-refractivity contribution is -0.384. The van der Waals surface area contributed by atoms with E-state index in [1.165, 1.54) is 24.3 Å². The largest absolute Gasteiger partial charge is 0.494 e. The Morgan fingerprint density at radius 1 is 1.30 bits per heavy atom. The average Bonchev–Trinajstić information content (AvgIpc) is 3.03. The number of hydrogen-bond donors (Lipinski definition) is 1. The fourth-order valence-corrected chi connectivity index (χ4v) is 2.97. The molecule has 0 bridgehead atoms. The number of hydrogen-bond acceptors (Lipinski definition) is 5. The van der Waals surface area contributed by atoms with Crippen LogP contribution < -0.4 is 15.0 Å². The number of carbonyl (C=O) groups excluding carboxylic acids is 2. The van der Waals surface area contributed by atoms with Gasteiger partial charge in [0, 0.05) is 36.3 Å². The summed E-state index contributed by atoms with van der Waals surface area (Å²) >= 11 is 0. The molecule has 3 rings (SSSR count). The molecule has 1 aliphatic heterocycles. The van der Waals surface area contributed by atoms with Crippen LogP contribution in [0.25, 0.3) is 0 Å². The molecule has 0 spiro atoms. The first kappa shape index (κ1) is 18.4. The molecule has 0 saturated carbocycles. The molecule has 2 amide bonds. The van der Waals surface area contributed by atoms with Gasteiger partial charge in [-0.25, -0.2) is 0 Å². The Morgan fingerprint density at radius 3 is 2.70 bits per heavy atom. The molecule has 1 fully saturated rings. The SMILES string of the molecule is CCOc1ccc(N2C[C@@H](NC(=O)c3cccc([N+](=O)[O-])c3)CC2=O)cc1. The summed E-state index contributed by atoms with van der Waals surface area (Å²) in [4.78, 5) is 36.6. The smallest absolute Gasteiger partial charge is 0.270 e. The third-order valence-corrected chi connectivity index (χ3v) is 4.24. The third kappa shape index (κ3) is 4.22. The summed E-state index contributed by atoms with van der Waals surface area (Å²) in [5.41, 5.74) is 0.771. The van der Waals surface area contributed by atoms with E-state index >= 15 is 0 Å². The minimum Gasteiger partial charge on any atom is -0.494 e. The van der Waals surface area contributed by atoms with E-state index in [4.69, 9.17) is 4.74 Å². The van der Waals surface area contributed by atoms with Gasteiger partial charge in [0.15, 0.2) is 0 Å². The fraction of sp³-hybridized carbons (Fsp3) is 0.263. The molecule has 140 valence electrons. The number of rotatable bonds is 6. The van der Waals surface area contributed by atoms with Crippen molar-refractivity contribution in [3.05, 3.63) is 64.2 Å². The predicted octanol–water partition coefficient (Wildman–Crippen LogP) is 2.53. The van der Waals surface area contributed by atoms with Crippen LogP contribution in [0.1, 0.15) is 23.7 Å². The summed E-state index contributed by atoms with van der Waals surface area (Å²) in [6.07, 6.45) is 0.174. The Morgan fingerprint density at radius 2 is 2.04 bits per heavy atom. The number of anilines is 1. The molecule has 2 aromatic rings. The Balaban J connectivity index is 1.66. The molecule has 8 nitrogen and oxygen atoms in total. The number of benzene rings is 2. The highest BCUT2D eigenvalue weighted by atomic mass is 16.6. The van der Waals surface area contributed by atoms with Crippen molar-refractivity contribution in [1.82, 2.24) is 5.32 Å². The highest BCUT2D eigenvalue weighted by Crippen LogP contribution is 2.24. The van der Waals surface area contributed by atoms with Crippen LogP contribution in [0.4, 0.5) is 11.4 Å². The lowest BCUT2D eigenvalue weighted by Gasteiger charge is -2.17. The number of amides is 2. The summed E-state index contributed by atoms with van der Waals surface area (Å²) in [5.74, 6) is 0.192. The van der Waals surface area contributed by atoms with E-state index in [9.17, 15) is 19.7 Å². The average molecular weight is 369 g/mol. The summed E-state index contributed by atoms with van der Waals surface area (Å²) < 4.78 is 5.39. The molecule has 0 unspecified atom stereocenters. The molecule has 1 heterocycles. The minimum atomic E-state index is -0.552. The monoisotopic (exact) mass is 369 g/mol. The lowest BCUT2D eigenvalue weighted by atomic mass is 10.1. The van der Waals surface area contributed by atoms with Gasteiger partial charge < -0.3 is 15.0 Å². The van der Waals surface area contributed by atoms with Crippen molar-refractivity contribution in [2.75, 3.05) is 18.1 Å². The van der Waals surface area contributed by atoms with Gasteiger partial charge in [0.2, 0.25) is 5.91 Å². The Bertz CT molecular complexity index is 866. The first-order valence-corrected chi connectivity index (χ1v) is 8.56. The summed E-state index contributed by atoms with van der Waals surface area (Å²) in [7, 11) is 0. The quantitative estimate of drug-likeness (QED) is 0.623. The topological polar surface area (TPSA) is 102 Å². The molecular formula is C19H19N3O5. The van der Waals surface area contributed by atoms with Crippen molar-refractivity contribution in [3.63, 3.8) is 0 Å². The number of nitrogens with one attached hydrogen (secondary N) is 1. The van der Waals surface area contributed by atoms with Crippen LogP contribution in [0, 0.1) is 10.1 Å².